The van der Waals surface area contributed by atoms with Gasteiger partial charge in [-0.05, 0) is 56.9 Å². The van der Waals surface area contributed by atoms with Gasteiger partial charge >= 0.3 is 6.18 Å². The third-order valence-electron chi connectivity index (χ3n) is 6.47. The highest BCUT2D eigenvalue weighted by Crippen LogP contribution is 2.35. The Morgan fingerprint density at radius 2 is 1.81 bits per heavy atom. The molecule has 14 heteroatoms. The zero-order valence-corrected chi connectivity index (χ0v) is 24.9. The number of aryl methyl sites for hydroxylation is 1. The number of nitrogens with zero attached hydrogens (tertiary/aromatic N) is 5. The Labute approximate surface area is 246 Å². The van der Waals surface area contributed by atoms with Crippen LogP contribution < -0.4 is 26.1 Å². The van der Waals surface area contributed by atoms with E-state index in [0.29, 0.717) is 29.6 Å². The second-order valence-corrected chi connectivity index (χ2v) is 11.2. The van der Waals surface area contributed by atoms with Gasteiger partial charge in [-0.2, -0.15) is 13.2 Å². The number of likely N-dealkylation sites (N-methyl/N-ethyl adjacent to an activating group) is 2. The minimum Gasteiger partial charge on any atom is -0.373 e. The molecule has 0 fully saturated rings. The average molecular weight is 603 g/mol. The molecule has 0 spiro atoms. The Morgan fingerprint density at radius 1 is 1.07 bits per heavy atom. The number of hydrogen-bond donors (Lipinski definition) is 3. The Balaban J connectivity index is 1.58. The van der Waals surface area contributed by atoms with E-state index in [0.717, 1.165) is 28.3 Å². The van der Waals surface area contributed by atoms with Gasteiger partial charge in [0.1, 0.15) is 0 Å². The summed E-state index contributed by atoms with van der Waals surface area (Å²) < 4.78 is 41.1. The van der Waals surface area contributed by atoms with E-state index in [2.05, 4.69) is 21.2 Å². The highest BCUT2D eigenvalue weighted by Gasteiger charge is 2.32. The normalized spacial score (nSPS) is 13.4. The number of aromatic nitrogens is 1. The van der Waals surface area contributed by atoms with E-state index < -0.39 is 17.6 Å². The number of halogens is 3. The number of hydrazine groups is 2. The van der Waals surface area contributed by atoms with Crippen molar-refractivity contribution < 1.29 is 22.8 Å². The minimum absolute atomic E-state index is 0.0463. The van der Waals surface area contributed by atoms with E-state index in [9.17, 15) is 22.8 Å². The molecule has 2 amide bonds. The van der Waals surface area contributed by atoms with Gasteiger partial charge in [-0.15, -0.1) is 5.53 Å². The van der Waals surface area contributed by atoms with Gasteiger partial charge in [0.15, 0.2) is 5.13 Å². The molecule has 3 aromatic rings. The predicted molar refractivity (Wildman–Crippen MR) is 160 cm³/mol. The summed E-state index contributed by atoms with van der Waals surface area (Å²) in [5.41, 5.74) is 5.32. The van der Waals surface area contributed by atoms with Gasteiger partial charge in [-0.25, -0.2) is 4.98 Å². The molecule has 0 saturated carbocycles. The zero-order valence-electron chi connectivity index (χ0n) is 24.1. The summed E-state index contributed by atoms with van der Waals surface area (Å²) >= 11 is 1.31. The van der Waals surface area contributed by atoms with Crippen molar-refractivity contribution in [2.45, 2.75) is 20.0 Å². The second kappa shape index (κ2) is 12.4. The van der Waals surface area contributed by atoms with Crippen LogP contribution in [-0.2, 0) is 11.0 Å². The van der Waals surface area contributed by atoms with E-state index in [1.54, 1.807) is 46.4 Å². The van der Waals surface area contributed by atoms with Crippen molar-refractivity contribution in [3.8, 4) is 0 Å². The molecule has 1 aliphatic heterocycles. The first-order valence-corrected chi connectivity index (χ1v) is 13.8. The number of carbonyl (C=O) groups excluding carboxylic acids is 2. The molecule has 42 heavy (non-hydrogen) atoms. The number of benzene rings is 2. The molecule has 2 aromatic carbocycles. The quantitative estimate of drug-likeness (QED) is 0.320. The van der Waals surface area contributed by atoms with Crippen LogP contribution in [0, 0.1) is 6.92 Å². The SMILES string of the molecule is CC(=O)Nc1ncc(C2=CN(c3cc(C(=O)Nc4cc(N(C)CCN(C)C)cc(C(F)(F)F)c4)ccc3C)NN2C)s1. The van der Waals surface area contributed by atoms with Crippen LogP contribution in [0.2, 0.25) is 0 Å². The summed E-state index contributed by atoms with van der Waals surface area (Å²) in [5.74, 6) is -0.760. The molecular formula is C28H33F3N8O2S. The van der Waals surface area contributed by atoms with E-state index in [4.69, 9.17) is 0 Å². The van der Waals surface area contributed by atoms with Crippen molar-refractivity contribution in [1.82, 2.24) is 20.4 Å². The number of carbonyl (C=O) groups is 2. The van der Waals surface area contributed by atoms with Gasteiger partial charge in [-0.3, -0.25) is 19.6 Å². The number of thiazole rings is 1. The smallest absolute Gasteiger partial charge is 0.373 e. The lowest BCUT2D eigenvalue weighted by Gasteiger charge is -2.24. The molecule has 3 N–H and O–H groups in total. The highest BCUT2D eigenvalue weighted by molar-refractivity contribution is 7.16. The van der Waals surface area contributed by atoms with Crippen molar-refractivity contribution in [2.75, 3.05) is 61.8 Å². The fourth-order valence-corrected chi connectivity index (χ4v) is 5.07. The fourth-order valence-electron chi connectivity index (χ4n) is 4.17. The van der Waals surface area contributed by atoms with E-state index in [1.165, 1.54) is 24.3 Å². The van der Waals surface area contributed by atoms with Crippen LogP contribution in [0.4, 0.5) is 35.4 Å². The molecule has 224 valence electrons. The maximum Gasteiger partial charge on any atom is 0.416 e. The average Bonchev–Trinajstić information content (AvgIpc) is 3.52. The van der Waals surface area contributed by atoms with Gasteiger partial charge < -0.3 is 20.4 Å². The van der Waals surface area contributed by atoms with Gasteiger partial charge in [0.25, 0.3) is 5.91 Å². The largest absolute Gasteiger partial charge is 0.416 e. The number of alkyl halides is 3. The number of hydrogen-bond acceptors (Lipinski definition) is 9. The first-order chi connectivity index (χ1) is 19.7. The molecule has 0 radical (unpaired) electrons. The molecule has 10 nitrogen and oxygen atoms in total. The minimum atomic E-state index is -4.58. The Hall–Kier alpha value is -4.14. The van der Waals surface area contributed by atoms with Crippen LogP contribution in [0.1, 0.15) is 33.3 Å². The van der Waals surface area contributed by atoms with Gasteiger partial charge in [0, 0.05) is 63.4 Å². The molecule has 0 bridgehead atoms. The van der Waals surface area contributed by atoms with Crippen LogP contribution in [-0.4, -0.2) is 68.0 Å². The first-order valence-electron chi connectivity index (χ1n) is 13.0. The maximum atomic E-state index is 13.7. The van der Waals surface area contributed by atoms with Crippen molar-refractivity contribution in [2.24, 2.45) is 0 Å². The Bertz CT molecular complexity index is 1500. The number of rotatable bonds is 9. The van der Waals surface area contributed by atoms with Crippen molar-refractivity contribution in [1.29, 1.82) is 0 Å². The number of anilines is 4. The predicted octanol–water partition coefficient (Wildman–Crippen LogP) is 4.85. The fraction of sp³-hybridized carbons (Fsp3) is 0.321. The van der Waals surface area contributed by atoms with Crippen molar-refractivity contribution >= 4 is 51.0 Å². The third kappa shape index (κ3) is 7.38. The van der Waals surface area contributed by atoms with E-state index in [-0.39, 0.29) is 17.2 Å². The number of nitrogens with one attached hydrogen (secondary N) is 3. The van der Waals surface area contributed by atoms with Gasteiger partial charge in [0.2, 0.25) is 5.91 Å². The highest BCUT2D eigenvalue weighted by atomic mass is 32.1. The second-order valence-electron chi connectivity index (χ2n) is 10.2. The van der Waals surface area contributed by atoms with Crippen LogP contribution in [0.15, 0.2) is 48.8 Å². The summed E-state index contributed by atoms with van der Waals surface area (Å²) in [5, 5.41) is 9.30. The zero-order chi connectivity index (χ0) is 30.8. The summed E-state index contributed by atoms with van der Waals surface area (Å²) in [6.07, 6.45) is -1.09. The Kier molecular flexibility index (Phi) is 9.09. The molecule has 0 aliphatic carbocycles. The monoisotopic (exact) mass is 602 g/mol. The molecule has 2 heterocycles. The van der Waals surface area contributed by atoms with E-state index >= 15 is 0 Å². The Morgan fingerprint density at radius 3 is 2.48 bits per heavy atom. The molecule has 0 saturated heterocycles. The number of amides is 2. The first kappa shape index (κ1) is 30.8. The molecule has 0 atom stereocenters. The molecule has 1 aliphatic rings. The lowest BCUT2D eigenvalue weighted by Crippen LogP contribution is -2.38. The van der Waals surface area contributed by atoms with Gasteiger partial charge in [-0.1, -0.05) is 17.4 Å². The van der Waals surface area contributed by atoms with Crippen LogP contribution in [0.5, 0.6) is 0 Å². The van der Waals surface area contributed by atoms with Crippen molar-refractivity contribution in [3.63, 3.8) is 0 Å². The maximum absolute atomic E-state index is 13.7. The van der Waals surface area contributed by atoms with Crippen LogP contribution in [0.25, 0.3) is 5.70 Å². The van der Waals surface area contributed by atoms with E-state index in [1.807, 2.05) is 39.2 Å². The lowest BCUT2D eigenvalue weighted by molar-refractivity contribution is -0.137. The molecular weight excluding hydrogens is 569 g/mol. The van der Waals surface area contributed by atoms with Gasteiger partial charge in [0.05, 0.1) is 21.8 Å². The summed E-state index contributed by atoms with van der Waals surface area (Å²) in [4.78, 5) is 33.3. The van der Waals surface area contributed by atoms with Crippen molar-refractivity contribution in [3.05, 3.63) is 70.4 Å². The topological polar surface area (TPSA) is 96.1 Å². The third-order valence-corrected chi connectivity index (χ3v) is 7.40. The standard InChI is InChI=1S/C28H33F3N8O2S/c1-17-7-8-19(11-23(17)39-16-24(38(6)35-39)25-15-32-27(42-25)33-18(2)40)26(41)34-21-12-20(28(29,30)31)13-22(14-21)37(5)10-9-36(3)4/h7-8,11-16,35H,9-10H2,1-6H3,(H,34,41)(H,32,33,40). The molecule has 1 aromatic heterocycles. The summed E-state index contributed by atoms with van der Waals surface area (Å²) in [7, 11) is 7.30. The summed E-state index contributed by atoms with van der Waals surface area (Å²) in [6.45, 7) is 4.45. The van der Waals surface area contributed by atoms with Crippen LogP contribution >= 0.6 is 11.3 Å². The lowest BCUT2D eigenvalue weighted by atomic mass is 10.1. The molecule has 0 unspecified atom stereocenters. The van der Waals surface area contributed by atoms with Crippen LogP contribution in [0.3, 0.4) is 0 Å². The summed E-state index contributed by atoms with van der Waals surface area (Å²) in [6, 6.07) is 8.61. The molecule has 4 rings (SSSR count).